The van der Waals surface area contributed by atoms with Gasteiger partial charge in [-0.2, -0.15) is 0 Å². The van der Waals surface area contributed by atoms with Crippen LogP contribution in [0.15, 0.2) is 23.2 Å². The lowest BCUT2D eigenvalue weighted by molar-refractivity contribution is 0.857. The van der Waals surface area contributed by atoms with Crippen LogP contribution in [-0.2, 0) is 0 Å². The van der Waals surface area contributed by atoms with Gasteiger partial charge < -0.3 is 0 Å². The SMILES string of the molecule is C/C=N\c1cccc(C(C)C)c1C. The Balaban J connectivity index is 3.18. The molecule has 0 heterocycles. The van der Waals surface area contributed by atoms with Crippen LogP contribution >= 0.6 is 0 Å². The van der Waals surface area contributed by atoms with Gasteiger partial charge in [-0.1, -0.05) is 26.0 Å². The maximum Gasteiger partial charge on any atom is 0.0657 e. The lowest BCUT2D eigenvalue weighted by Gasteiger charge is -2.10. The van der Waals surface area contributed by atoms with Gasteiger partial charge >= 0.3 is 0 Å². The molecular formula is C12H17N. The van der Waals surface area contributed by atoms with Crippen LogP contribution in [0.25, 0.3) is 0 Å². The van der Waals surface area contributed by atoms with Gasteiger partial charge in [0, 0.05) is 6.21 Å². The quantitative estimate of drug-likeness (QED) is 0.605. The van der Waals surface area contributed by atoms with Crippen LogP contribution in [0, 0.1) is 6.92 Å². The average molecular weight is 175 g/mol. The Hall–Kier alpha value is -1.11. The van der Waals surface area contributed by atoms with Gasteiger partial charge in [-0.05, 0) is 37.0 Å². The van der Waals surface area contributed by atoms with Crippen LogP contribution < -0.4 is 0 Å². The third-order valence-corrected chi connectivity index (χ3v) is 2.24. The molecule has 0 aliphatic carbocycles. The molecular weight excluding hydrogens is 158 g/mol. The second-order valence-corrected chi connectivity index (χ2v) is 3.53. The van der Waals surface area contributed by atoms with Crippen molar-refractivity contribution in [2.75, 3.05) is 0 Å². The van der Waals surface area contributed by atoms with E-state index in [1.54, 1.807) is 0 Å². The number of nitrogens with zero attached hydrogens (tertiary/aromatic N) is 1. The lowest BCUT2D eigenvalue weighted by atomic mass is 9.97. The predicted octanol–water partition coefficient (Wildman–Crippen LogP) is 3.84. The molecule has 0 spiro atoms. The van der Waals surface area contributed by atoms with Gasteiger partial charge in [0.25, 0.3) is 0 Å². The molecule has 0 saturated carbocycles. The fourth-order valence-corrected chi connectivity index (χ4v) is 1.55. The van der Waals surface area contributed by atoms with Gasteiger partial charge in [-0.25, -0.2) is 0 Å². The molecule has 1 nitrogen and oxygen atoms in total. The van der Waals surface area contributed by atoms with Crippen molar-refractivity contribution in [1.29, 1.82) is 0 Å². The minimum Gasteiger partial charge on any atom is -0.261 e. The van der Waals surface area contributed by atoms with Gasteiger partial charge in [-0.15, -0.1) is 0 Å². The first-order chi connectivity index (χ1) is 6.16. The van der Waals surface area contributed by atoms with Crippen LogP contribution in [-0.4, -0.2) is 6.21 Å². The zero-order valence-electron chi connectivity index (χ0n) is 8.83. The van der Waals surface area contributed by atoms with E-state index in [1.165, 1.54) is 11.1 Å². The molecule has 1 aromatic carbocycles. The Morgan fingerprint density at radius 3 is 2.54 bits per heavy atom. The standard InChI is InChI=1S/C12H17N/c1-5-13-12-8-6-7-11(9(2)3)10(12)4/h5-9H,1-4H3/b13-5-. The predicted molar refractivity (Wildman–Crippen MR) is 59.1 cm³/mol. The number of rotatable bonds is 2. The molecule has 0 bridgehead atoms. The first kappa shape index (κ1) is 9.97. The van der Waals surface area contributed by atoms with Gasteiger partial charge in [0.15, 0.2) is 0 Å². The summed E-state index contributed by atoms with van der Waals surface area (Å²) in [5, 5.41) is 0. The van der Waals surface area contributed by atoms with Gasteiger partial charge in [0.2, 0.25) is 0 Å². The molecule has 0 radical (unpaired) electrons. The van der Waals surface area contributed by atoms with Crippen molar-refractivity contribution in [2.24, 2.45) is 4.99 Å². The van der Waals surface area contributed by atoms with E-state index < -0.39 is 0 Å². The normalized spacial score (nSPS) is 11.5. The summed E-state index contributed by atoms with van der Waals surface area (Å²) in [7, 11) is 0. The first-order valence-corrected chi connectivity index (χ1v) is 4.75. The number of hydrogen-bond acceptors (Lipinski definition) is 1. The molecule has 13 heavy (non-hydrogen) atoms. The maximum atomic E-state index is 4.32. The summed E-state index contributed by atoms with van der Waals surface area (Å²) >= 11 is 0. The summed E-state index contributed by atoms with van der Waals surface area (Å²) in [6, 6.07) is 6.31. The van der Waals surface area contributed by atoms with E-state index in [2.05, 4.69) is 44.0 Å². The van der Waals surface area contributed by atoms with Gasteiger partial charge in [0.1, 0.15) is 0 Å². The molecule has 0 aliphatic heterocycles. The van der Waals surface area contributed by atoms with E-state index in [-0.39, 0.29) is 0 Å². The van der Waals surface area contributed by atoms with Gasteiger partial charge in [-0.3, -0.25) is 4.99 Å². The van der Waals surface area contributed by atoms with Crippen LogP contribution in [0.5, 0.6) is 0 Å². The summed E-state index contributed by atoms with van der Waals surface area (Å²) in [6.07, 6.45) is 1.84. The van der Waals surface area contributed by atoms with E-state index in [9.17, 15) is 0 Å². The maximum absolute atomic E-state index is 4.32. The fraction of sp³-hybridized carbons (Fsp3) is 0.417. The highest BCUT2D eigenvalue weighted by atomic mass is 14.7. The van der Waals surface area contributed by atoms with Crippen molar-refractivity contribution in [3.63, 3.8) is 0 Å². The highest BCUT2D eigenvalue weighted by Gasteiger charge is 2.05. The molecule has 0 fully saturated rings. The van der Waals surface area contributed by atoms with Crippen molar-refractivity contribution in [2.45, 2.75) is 33.6 Å². The molecule has 0 atom stereocenters. The lowest BCUT2D eigenvalue weighted by Crippen LogP contribution is -1.91. The van der Waals surface area contributed by atoms with E-state index in [0.717, 1.165) is 5.69 Å². The fourth-order valence-electron chi connectivity index (χ4n) is 1.55. The van der Waals surface area contributed by atoms with Crippen LogP contribution in [0.2, 0.25) is 0 Å². The first-order valence-electron chi connectivity index (χ1n) is 4.75. The number of benzene rings is 1. The second kappa shape index (κ2) is 4.22. The minimum atomic E-state index is 0.576. The van der Waals surface area contributed by atoms with Crippen molar-refractivity contribution < 1.29 is 0 Å². The molecule has 0 saturated heterocycles. The summed E-state index contributed by atoms with van der Waals surface area (Å²) in [4.78, 5) is 4.32. The Bertz CT molecular complexity index is 311. The van der Waals surface area contributed by atoms with Crippen LogP contribution in [0.1, 0.15) is 37.8 Å². The van der Waals surface area contributed by atoms with Crippen molar-refractivity contribution in [3.05, 3.63) is 29.3 Å². The van der Waals surface area contributed by atoms with Gasteiger partial charge in [0.05, 0.1) is 5.69 Å². The van der Waals surface area contributed by atoms with Crippen molar-refractivity contribution in [1.82, 2.24) is 0 Å². The largest absolute Gasteiger partial charge is 0.261 e. The van der Waals surface area contributed by atoms with Crippen LogP contribution in [0.4, 0.5) is 5.69 Å². The summed E-state index contributed by atoms with van der Waals surface area (Å²) in [5.41, 5.74) is 3.78. The Labute approximate surface area is 80.5 Å². The summed E-state index contributed by atoms with van der Waals surface area (Å²) in [6.45, 7) is 8.50. The summed E-state index contributed by atoms with van der Waals surface area (Å²) < 4.78 is 0. The van der Waals surface area contributed by atoms with E-state index in [4.69, 9.17) is 0 Å². The molecule has 1 heteroatoms. The molecule has 0 aromatic heterocycles. The van der Waals surface area contributed by atoms with E-state index >= 15 is 0 Å². The molecule has 0 unspecified atom stereocenters. The zero-order chi connectivity index (χ0) is 9.84. The molecule has 1 rings (SSSR count). The third-order valence-electron chi connectivity index (χ3n) is 2.24. The third kappa shape index (κ3) is 2.18. The molecule has 0 aliphatic rings. The monoisotopic (exact) mass is 175 g/mol. The molecule has 0 amide bonds. The number of hydrogen-bond donors (Lipinski definition) is 0. The van der Waals surface area contributed by atoms with Crippen molar-refractivity contribution >= 4 is 11.9 Å². The topological polar surface area (TPSA) is 12.4 Å². The zero-order valence-corrected chi connectivity index (χ0v) is 8.83. The summed E-state index contributed by atoms with van der Waals surface area (Å²) in [5.74, 6) is 0.576. The Kier molecular flexibility index (Phi) is 3.24. The Morgan fingerprint density at radius 2 is 2.00 bits per heavy atom. The molecule has 70 valence electrons. The highest BCUT2D eigenvalue weighted by molar-refractivity contribution is 5.63. The minimum absolute atomic E-state index is 0.576. The Morgan fingerprint density at radius 1 is 1.31 bits per heavy atom. The van der Waals surface area contributed by atoms with E-state index in [0.29, 0.717) is 5.92 Å². The number of aliphatic imine (C=N–C) groups is 1. The highest BCUT2D eigenvalue weighted by Crippen LogP contribution is 2.26. The van der Waals surface area contributed by atoms with Crippen molar-refractivity contribution in [3.8, 4) is 0 Å². The average Bonchev–Trinajstić information content (AvgIpc) is 2.08. The smallest absolute Gasteiger partial charge is 0.0657 e. The molecule has 0 N–H and O–H groups in total. The van der Waals surface area contributed by atoms with Crippen LogP contribution in [0.3, 0.4) is 0 Å². The molecule has 1 aromatic rings. The second-order valence-electron chi connectivity index (χ2n) is 3.53. The van der Waals surface area contributed by atoms with E-state index in [1.807, 2.05) is 13.1 Å².